The van der Waals surface area contributed by atoms with Crippen molar-refractivity contribution in [3.05, 3.63) is 63.9 Å². The second-order valence-electron chi connectivity index (χ2n) is 4.14. The summed E-state index contributed by atoms with van der Waals surface area (Å²) < 4.78 is 51.2. The summed E-state index contributed by atoms with van der Waals surface area (Å²) in [5.41, 5.74) is 0.182. The molecule has 2 aromatic rings. The van der Waals surface area contributed by atoms with Crippen molar-refractivity contribution in [3.63, 3.8) is 0 Å². The second kappa shape index (κ2) is 5.83. The van der Waals surface area contributed by atoms with Gasteiger partial charge in [-0.25, -0.2) is 4.39 Å². The zero-order valence-electron chi connectivity index (χ0n) is 10.1. The van der Waals surface area contributed by atoms with Gasteiger partial charge in [-0.1, -0.05) is 18.2 Å². The SMILES string of the molecule is Fc1ccccc1CNc1ccc(C(F)(F)F)cc1Br. The molecule has 0 amide bonds. The summed E-state index contributed by atoms with van der Waals surface area (Å²) in [4.78, 5) is 0. The number of hydrogen-bond donors (Lipinski definition) is 1. The lowest BCUT2D eigenvalue weighted by molar-refractivity contribution is -0.137. The van der Waals surface area contributed by atoms with Crippen LogP contribution in [0.1, 0.15) is 11.1 Å². The average molecular weight is 348 g/mol. The zero-order chi connectivity index (χ0) is 14.8. The number of hydrogen-bond acceptors (Lipinski definition) is 1. The molecule has 1 N–H and O–H groups in total. The average Bonchev–Trinajstić information content (AvgIpc) is 2.38. The third kappa shape index (κ3) is 3.50. The Morgan fingerprint density at radius 3 is 2.35 bits per heavy atom. The number of nitrogens with one attached hydrogen (secondary N) is 1. The summed E-state index contributed by atoms with van der Waals surface area (Å²) in [6, 6.07) is 9.50. The number of halogens is 5. The van der Waals surface area contributed by atoms with Crippen molar-refractivity contribution in [3.8, 4) is 0 Å². The molecular formula is C14H10BrF4N. The Kier molecular flexibility index (Phi) is 4.32. The molecule has 20 heavy (non-hydrogen) atoms. The van der Waals surface area contributed by atoms with Crippen LogP contribution in [-0.4, -0.2) is 0 Å². The summed E-state index contributed by atoms with van der Waals surface area (Å²) in [6.45, 7) is 0.191. The van der Waals surface area contributed by atoms with Crippen molar-refractivity contribution in [2.45, 2.75) is 12.7 Å². The molecule has 0 bridgehead atoms. The van der Waals surface area contributed by atoms with E-state index in [0.717, 1.165) is 12.1 Å². The Morgan fingerprint density at radius 1 is 1.05 bits per heavy atom. The molecule has 0 spiro atoms. The Hall–Kier alpha value is -1.56. The van der Waals surface area contributed by atoms with Gasteiger partial charge in [0, 0.05) is 22.3 Å². The topological polar surface area (TPSA) is 12.0 Å². The third-order valence-corrected chi connectivity index (χ3v) is 3.38. The largest absolute Gasteiger partial charge is 0.416 e. The highest BCUT2D eigenvalue weighted by atomic mass is 79.9. The summed E-state index contributed by atoms with van der Waals surface area (Å²) in [6.07, 6.45) is -4.38. The maximum absolute atomic E-state index is 13.4. The Balaban J connectivity index is 2.13. The fraction of sp³-hybridized carbons (Fsp3) is 0.143. The second-order valence-corrected chi connectivity index (χ2v) is 4.99. The van der Waals surface area contributed by atoms with Crippen molar-refractivity contribution in [2.24, 2.45) is 0 Å². The molecule has 106 valence electrons. The van der Waals surface area contributed by atoms with E-state index in [1.54, 1.807) is 18.2 Å². The summed E-state index contributed by atoms with van der Waals surface area (Å²) >= 11 is 3.08. The molecule has 0 fully saturated rings. The van der Waals surface area contributed by atoms with Crippen LogP contribution in [0.3, 0.4) is 0 Å². The summed E-state index contributed by atoms with van der Waals surface area (Å²) in [5, 5.41) is 2.89. The van der Waals surface area contributed by atoms with Crippen molar-refractivity contribution >= 4 is 21.6 Å². The van der Waals surface area contributed by atoms with Gasteiger partial charge in [0.25, 0.3) is 0 Å². The van der Waals surface area contributed by atoms with Crippen LogP contribution < -0.4 is 5.32 Å². The van der Waals surface area contributed by atoms with Gasteiger partial charge in [0.2, 0.25) is 0 Å². The Morgan fingerprint density at radius 2 is 1.75 bits per heavy atom. The smallest absolute Gasteiger partial charge is 0.380 e. The highest BCUT2D eigenvalue weighted by Crippen LogP contribution is 2.34. The highest BCUT2D eigenvalue weighted by molar-refractivity contribution is 9.10. The molecule has 0 unspecified atom stereocenters. The van der Waals surface area contributed by atoms with E-state index in [1.807, 2.05) is 0 Å². The fourth-order valence-corrected chi connectivity index (χ4v) is 2.19. The first-order valence-corrected chi connectivity index (χ1v) is 6.51. The molecule has 0 aromatic heterocycles. The van der Waals surface area contributed by atoms with Crippen LogP contribution in [0.15, 0.2) is 46.9 Å². The summed E-state index contributed by atoms with van der Waals surface area (Å²) in [7, 11) is 0. The molecule has 0 heterocycles. The van der Waals surface area contributed by atoms with E-state index in [4.69, 9.17) is 0 Å². The van der Waals surface area contributed by atoms with E-state index >= 15 is 0 Å². The van der Waals surface area contributed by atoms with Crippen molar-refractivity contribution in [1.82, 2.24) is 0 Å². The molecule has 6 heteroatoms. The lowest BCUT2D eigenvalue weighted by Gasteiger charge is -2.12. The fourth-order valence-electron chi connectivity index (χ4n) is 1.67. The van der Waals surface area contributed by atoms with Gasteiger partial charge >= 0.3 is 6.18 Å². The van der Waals surface area contributed by atoms with Gasteiger partial charge in [-0.15, -0.1) is 0 Å². The van der Waals surface area contributed by atoms with Crippen LogP contribution >= 0.6 is 15.9 Å². The quantitative estimate of drug-likeness (QED) is 0.750. The molecule has 0 saturated carbocycles. The van der Waals surface area contributed by atoms with E-state index in [1.165, 1.54) is 12.1 Å². The maximum Gasteiger partial charge on any atom is 0.416 e. The number of alkyl halides is 3. The molecular weight excluding hydrogens is 338 g/mol. The van der Waals surface area contributed by atoms with E-state index in [0.29, 0.717) is 11.3 Å². The third-order valence-electron chi connectivity index (χ3n) is 2.72. The Bertz CT molecular complexity index is 610. The predicted octanol–water partition coefficient (Wildman–Crippen LogP) is 5.22. The van der Waals surface area contributed by atoms with Crippen molar-refractivity contribution in [1.29, 1.82) is 0 Å². The monoisotopic (exact) mass is 347 g/mol. The van der Waals surface area contributed by atoms with Gasteiger partial charge in [-0.2, -0.15) is 13.2 Å². The van der Waals surface area contributed by atoms with Crippen LogP contribution in [0.5, 0.6) is 0 Å². The standard InChI is InChI=1S/C14H10BrF4N/c15-11-7-10(14(17,18)19)5-6-13(11)20-8-9-3-1-2-4-12(9)16/h1-7,20H,8H2. The van der Waals surface area contributed by atoms with Crippen LogP contribution in [-0.2, 0) is 12.7 Å². The minimum Gasteiger partial charge on any atom is -0.380 e. The van der Waals surface area contributed by atoms with Crippen LogP contribution in [0.25, 0.3) is 0 Å². The van der Waals surface area contributed by atoms with Crippen LogP contribution in [0.4, 0.5) is 23.2 Å². The van der Waals surface area contributed by atoms with E-state index < -0.39 is 11.7 Å². The van der Waals surface area contributed by atoms with Gasteiger partial charge in [-0.05, 0) is 40.2 Å². The minimum atomic E-state index is -4.38. The first kappa shape index (κ1) is 14.8. The molecule has 0 aliphatic heterocycles. The van der Waals surface area contributed by atoms with Gasteiger partial charge in [0.05, 0.1) is 5.56 Å². The molecule has 0 radical (unpaired) electrons. The van der Waals surface area contributed by atoms with Gasteiger partial charge in [0.15, 0.2) is 0 Å². The molecule has 0 saturated heterocycles. The minimum absolute atomic E-state index is 0.191. The Labute approximate surface area is 121 Å². The van der Waals surface area contributed by atoms with E-state index in [-0.39, 0.29) is 16.8 Å². The number of rotatable bonds is 3. The maximum atomic E-state index is 13.4. The zero-order valence-corrected chi connectivity index (χ0v) is 11.7. The molecule has 2 rings (SSSR count). The molecule has 0 aliphatic rings. The summed E-state index contributed by atoms with van der Waals surface area (Å²) in [5.74, 6) is -0.358. The van der Waals surface area contributed by atoms with Crippen molar-refractivity contribution < 1.29 is 17.6 Å². The molecule has 1 nitrogen and oxygen atoms in total. The molecule has 0 atom stereocenters. The van der Waals surface area contributed by atoms with Gasteiger partial charge < -0.3 is 5.32 Å². The lowest BCUT2D eigenvalue weighted by Crippen LogP contribution is -2.06. The van der Waals surface area contributed by atoms with E-state index in [2.05, 4.69) is 21.2 Å². The number of anilines is 1. The van der Waals surface area contributed by atoms with Gasteiger partial charge in [-0.3, -0.25) is 0 Å². The highest BCUT2D eigenvalue weighted by Gasteiger charge is 2.30. The predicted molar refractivity (Wildman–Crippen MR) is 72.9 cm³/mol. The molecule has 2 aromatic carbocycles. The van der Waals surface area contributed by atoms with Crippen LogP contribution in [0.2, 0.25) is 0 Å². The number of benzene rings is 2. The normalized spacial score (nSPS) is 11.4. The lowest BCUT2D eigenvalue weighted by atomic mass is 10.2. The molecule has 0 aliphatic carbocycles. The van der Waals surface area contributed by atoms with Gasteiger partial charge in [0.1, 0.15) is 5.82 Å². The first-order chi connectivity index (χ1) is 9.38. The van der Waals surface area contributed by atoms with E-state index in [9.17, 15) is 17.6 Å². The van der Waals surface area contributed by atoms with Crippen LogP contribution in [0, 0.1) is 5.82 Å². The first-order valence-electron chi connectivity index (χ1n) is 5.72. The van der Waals surface area contributed by atoms with Crippen molar-refractivity contribution in [2.75, 3.05) is 5.32 Å².